The molecule has 0 atom stereocenters. The Bertz CT molecular complexity index is 547. The van der Waals surface area contributed by atoms with Crippen molar-refractivity contribution in [1.82, 2.24) is 14.7 Å². The highest BCUT2D eigenvalue weighted by atomic mass is 16.2. The number of rotatable bonds is 6. The fourth-order valence-corrected chi connectivity index (χ4v) is 3.14. The summed E-state index contributed by atoms with van der Waals surface area (Å²) in [5.41, 5.74) is 0.258. The molecule has 0 saturated heterocycles. The Morgan fingerprint density at radius 1 is 1.27 bits per heavy atom. The average Bonchev–Trinajstić information content (AvgIpc) is 2.55. The van der Waals surface area contributed by atoms with Crippen LogP contribution in [-0.4, -0.2) is 33.2 Å². The number of hydrogen-bond donors (Lipinski definition) is 0. The lowest BCUT2D eigenvalue weighted by Gasteiger charge is -2.33. The fraction of sp³-hybridized carbons (Fsp3) is 0.706. The molecule has 0 spiro atoms. The van der Waals surface area contributed by atoms with E-state index in [4.69, 9.17) is 0 Å². The van der Waals surface area contributed by atoms with Crippen molar-refractivity contribution in [3.63, 3.8) is 0 Å². The molecule has 1 saturated carbocycles. The summed E-state index contributed by atoms with van der Waals surface area (Å²) < 4.78 is 1.42. The number of aryl methyl sites for hydroxylation is 1. The van der Waals surface area contributed by atoms with Crippen LogP contribution in [0.5, 0.6) is 0 Å². The van der Waals surface area contributed by atoms with Gasteiger partial charge in [0.2, 0.25) is 0 Å². The number of carbonyl (C=O) groups is 1. The molecule has 1 aromatic heterocycles. The van der Waals surface area contributed by atoms with Gasteiger partial charge in [0.15, 0.2) is 0 Å². The van der Waals surface area contributed by atoms with E-state index in [-0.39, 0.29) is 11.5 Å². The smallest absolute Gasteiger partial charge is 0.274 e. The zero-order chi connectivity index (χ0) is 15.9. The average molecular weight is 305 g/mol. The maximum absolute atomic E-state index is 12.8. The van der Waals surface area contributed by atoms with E-state index in [2.05, 4.69) is 12.0 Å². The molecule has 1 aromatic rings. The van der Waals surface area contributed by atoms with Crippen LogP contribution in [0.15, 0.2) is 16.9 Å². The molecule has 0 bridgehead atoms. The minimum absolute atomic E-state index is 0.0420. The highest BCUT2D eigenvalue weighted by molar-refractivity contribution is 5.92. The molecule has 1 amide bonds. The Balaban J connectivity index is 2.17. The number of unbranched alkanes of at least 4 members (excludes halogenated alkanes) is 1. The van der Waals surface area contributed by atoms with E-state index in [1.54, 1.807) is 6.07 Å². The zero-order valence-electron chi connectivity index (χ0n) is 13.8. The Morgan fingerprint density at radius 2 is 2.00 bits per heavy atom. The van der Waals surface area contributed by atoms with E-state index in [9.17, 15) is 9.59 Å². The lowest BCUT2D eigenvalue weighted by molar-refractivity contribution is 0.0639. The maximum atomic E-state index is 12.8. The van der Waals surface area contributed by atoms with Crippen LogP contribution in [0.2, 0.25) is 0 Å². The minimum Gasteiger partial charge on any atom is -0.335 e. The molecule has 2 rings (SSSR count). The van der Waals surface area contributed by atoms with E-state index in [1.807, 2.05) is 11.8 Å². The van der Waals surface area contributed by atoms with Crippen molar-refractivity contribution in [2.24, 2.45) is 0 Å². The van der Waals surface area contributed by atoms with Crippen LogP contribution < -0.4 is 5.56 Å². The highest BCUT2D eigenvalue weighted by Crippen LogP contribution is 2.23. The predicted molar refractivity (Wildman–Crippen MR) is 87.0 cm³/mol. The molecule has 122 valence electrons. The van der Waals surface area contributed by atoms with E-state index >= 15 is 0 Å². The molecule has 1 heterocycles. The van der Waals surface area contributed by atoms with Gasteiger partial charge in [-0.2, -0.15) is 5.10 Å². The molecule has 0 N–H and O–H groups in total. The van der Waals surface area contributed by atoms with Crippen LogP contribution in [0.1, 0.15) is 69.3 Å². The second-order valence-electron chi connectivity index (χ2n) is 6.02. The van der Waals surface area contributed by atoms with Crippen molar-refractivity contribution in [3.05, 3.63) is 28.2 Å². The molecule has 0 aliphatic heterocycles. The topological polar surface area (TPSA) is 55.2 Å². The Kier molecular flexibility index (Phi) is 6.16. The number of hydrogen-bond acceptors (Lipinski definition) is 3. The van der Waals surface area contributed by atoms with Gasteiger partial charge in [-0.15, -0.1) is 0 Å². The Morgan fingerprint density at radius 3 is 2.64 bits per heavy atom. The van der Waals surface area contributed by atoms with Crippen molar-refractivity contribution in [2.75, 3.05) is 6.54 Å². The summed E-state index contributed by atoms with van der Waals surface area (Å²) in [4.78, 5) is 26.5. The molecule has 1 fully saturated rings. The van der Waals surface area contributed by atoms with Gasteiger partial charge in [-0.3, -0.25) is 9.59 Å². The predicted octanol–water partition coefficient (Wildman–Crippen LogP) is 2.84. The van der Waals surface area contributed by atoms with E-state index in [0.717, 1.165) is 25.7 Å². The Labute approximate surface area is 132 Å². The van der Waals surface area contributed by atoms with E-state index in [1.165, 1.54) is 30.0 Å². The first-order chi connectivity index (χ1) is 10.7. The number of nitrogens with zero attached hydrogens (tertiary/aromatic N) is 3. The van der Waals surface area contributed by atoms with Crippen molar-refractivity contribution < 1.29 is 4.79 Å². The van der Waals surface area contributed by atoms with Crippen LogP contribution in [0, 0.1) is 0 Å². The largest absolute Gasteiger partial charge is 0.335 e. The monoisotopic (exact) mass is 305 g/mol. The van der Waals surface area contributed by atoms with Crippen LogP contribution in [0.3, 0.4) is 0 Å². The standard InChI is InChI=1S/C17H27N3O2/c1-3-5-13-20-16(21)12-11-15(18-20)17(22)19(4-2)14-9-7-6-8-10-14/h11-12,14H,3-10,13H2,1-2H3. The summed E-state index contributed by atoms with van der Waals surface area (Å²) in [7, 11) is 0. The van der Waals surface area contributed by atoms with Gasteiger partial charge < -0.3 is 4.90 Å². The van der Waals surface area contributed by atoms with E-state index < -0.39 is 0 Å². The minimum atomic E-state index is -0.134. The third kappa shape index (κ3) is 3.96. The zero-order valence-corrected chi connectivity index (χ0v) is 13.8. The van der Waals surface area contributed by atoms with Gasteiger partial charge in [0.1, 0.15) is 5.69 Å². The van der Waals surface area contributed by atoms with Crippen molar-refractivity contribution in [2.45, 2.75) is 71.4 Å². The highest BCUT2D eigenvalue weighted by Gasteiger charge is 2.26. The van der Waals surface area contributed by atoms with Gasteiger partial charge in [-0.25, -0.2) is 4.68 Å². The summed E-state index contributed by atoms with van der Waals surface area (Å²) >= 11 is 0. The lowest BCUT2D eigenvalue weighted by Crippen LogP contribution is -2.42. The number of amides is 1. The van der Waals surface area contributed by atoms with Crippen molar-refractivity contribution in [1.29, 1.82) is 0 Å². The third-order valence-corrected chi connectivity index (χ3v) is 4.43. The Hall–Kier alpha value is -1.65. The second-order valence-corrected chi connectivity index (χ2v) is 6.02. The summed E-state index contributed by atoms with van der Waals surface area (Å²) in [5.74, 6) is -0.0420. The van der Waals surface area contributed by atoms with Crippen LogP contribution in [-0.2, 0) is 6.54 Å². The van der Waals surface area contributed by atoms with E-state index in [0.29, 0.717) is 24.8 Å². The van der Waals surface area contributed by atoms with Crippen molar-refractivity contribution >= 4 is 5.91 Å². The number of carbonyl (C=O) groups excluding carboxylic acids is 1. The summed E-state index contributed by atoms with van der Waals surface area (Å²) in [6, 6.07) is 3.35. The molecule has 22 heavy (non-hydrogen) atoms. The second kappa shape index (κ2) is 8.11. The molecule has 0 aromatic carbocycles. The lowest BCUT2D eigenvalue weighted by atomic mass is 9.94. The van der Waals surface area contributed by atoms with Gasteiger partial charge in [0.05, 0.1) is 0 Å². The maximum Gasteiger partial charge on any atom is 0.274 e. The molecule has 1 aliphatic carbocycles. The van der Waals surface area contributed by atoms with Gasteiger partial charge in [0.25, 0.3) is 11.5 Å². The molecular weight excluding hydrogens is 278 g/mol. The van der Waals surface area contributed by atoms with Gasteiger partial charge in [-0.05, 0) is 32.3 Å². The first-order valence-electron chi connectivity index (χ1n) is 8.56. The molecule has 5 nitrogen and oxygen atoms in total. The first kappa shape index (κ1) is 16.7. The van der Waals surface area contributed by atoms with Crippen molar-refractivity contribution in [3.8, 4) is 0 Å². The fourth-order valence-electron chi connectivity index (χ4n) is 3.14. The normalized spacial score (nSPS) is 15.7. The van der Waals surface area contributed by atoms with Crippen LogP contribution in [0.4, 0.5) is 0 Å². The summed E-state index contributed by atoms with van der Waals surface area (Å²) in [5, 5.41) is 4.29. The first-order valence-corrected chi connectivity index (χ1v) is 8.56. The van der Waals surface area contributed by atoms with Crippen LogP contribution in [0.25, 0.3) is 0 Å². The molecule has 0 unspecified atom stereocenters. The third-order valence-electron chi connectivity index (χ3n) is 4.43. The molecule has 0 radical (unpaired) electrons. The SMILES string of the molecule is CCCCn1nc(C(=O)N(CC)C2CCCCC2)ccc1=O. The van der Waals surface area contributed by atoms with Gasteiger partial charge in [-0.1, -0.05) is 32.6 Å². The van der Waals surface area contributed by atoms with Crippen LogP contribution >= 0.6 is 0 Å². The molecular formula is C17H27N3O2. The van der Waals surface area contributed by atoms with Gasteiger partial charge in [0, 0.05) is 25.2 Å². The molecule has 1 aliphatic rings. The number of aromatic nitrogens is 2. The quantitative estimate of drug-likeness (QED) is 0.812. The van der Waals surface area contributed by atoms with Gasteiger partial charge >= 0.3 is 0 Å². The summed E-state index contributed by atoms with van der Waals surface area (Å²) in [6.07, 6.45) is 7.70. The molecule has 5 heteroatoms. The summed E-state index contributed by atoms with van der Waals surface area (Å²) in [6.45, 7) is 5.35.